The highest BCUT2D eigenvalue weighted by Gasteiger charge is 2.16. The molecular weight excluding hydrogens is 326 g/mol. The molecule has 0 spiro atoms. The second-order valence-electron chi connectivity index (χ2n) is 5.31. The smallest absolute Gasteiger partial charge is 0.225 e. The molecule has 0 saturated carbocycles. The van der Waals surface area contributed by atoms with Crippen LogP contribution in [0.4, 0.5) is 5.82 Å². The van der Waals surface area contributed by atoms with Crippen molar-refractivity contribution < 1.29 is 9.53 Å². The molecule has 0 atom stereocenters. The van der Waals surface area contributed by atoms with Gasteiger partial charge in [0.2, 0.25) is 5.91 Å². The number of nitrogens with zero attached hydrogens (tertiary/aromatic N) is 2. The van der Waals surface area contributed by atoms with E-state index in [2.05, 4.69) is 10.3 Å². The highest BCUT2D eigenvalue weighted by Crippen LogP contribution is 2.30. The molecule has 3 rings (SSSR count). The lowest BCUT2D eigenvalue weighted by molar-refractivity contribution is -0.116. The van der Waals surface area contributed by atoms with Crippen LogP contribution < -0.4 is 10.1 Å². The maximum absolute atomic E-state index is 12.2. The number of carbonyl (C=O) groups is 1. The molecule has 0 radical (unpaired) electrons. The molecule has 24 heavy (non-hydrogen) atoms. The minimum absolute atomic E-state index is 0.0731. The number of halogens is 1. The van der Waals surface area contributed by atoms with E-state index in [1.165, 1.54) is 0 Å². The van der Waals surface area contributed by atoms with Gasteiger partial charge in [0.1, 0.15) is 22.9 Å². The first kappa shape index (κ1) is 16.3. The Kier molecular flexibility index (Phi) is 5.01. The Balaban J connectivity index is 2.02. The summed E-state index contributed by atoms with van der Waals surface area (Å²) in [6, 6.07) is 13.3. The average Bonchev–Trinajstić information content (AvgIpc) is 2.98. The largest absolute Gasteiger partial charge is 0.497 e. The average molecular weight is 344 g/mol. The van der Waals surface area contributed by atoms with Gasteiger partial charge in [-0.05, 0) is 42.8 Å². The predicted molar refractivity (Wildman–Crippen MR) is 95.8 cm³/mol. The molecule has 0 aliphatic rings. The van der Waals surface area contributed by atoms with Crippen molar-refractivity contribution in [1.82, 2.24) is 9.38 Å². The minimum atomic E-state index is -0.0731. The molecule has 124 valence electrons. The predicted octanol–water partition coefficient (Wildman–Crippen LogP) is 3.97. The lowest BCUT2D eigenvalue weighted by atomic mass is 10.1. The number of anilines is 1. The topological polar surface area (TPSA) is 55.6 Å². The van der Waals surface area contributed by atoms with Gasteiger partial charge in [-0.1, -0.05) is 6.07 Å². The van der Waals surface area contributed by atoms with Crippen molar-refractivity contribution in [1.29, 1.82) is 0 Å². The van der Waals surface area contributed by atoms with E-state index in [0.29, 0.717) is 24.5 Å². The Morgan fingerprint density at radius 3 is 2.75 bits per heavy atom. The molecule has 1 aromatic carbocycles. The van der Waals surface area contributed by atoms with Gasteiger partial charge in [0.15, 0.2) is 0 Å². The van der Waals surface area contributed by atoms with Crippen molar-refractivity contribution >= 4 is 29.0 Å². The summed E-state index contributed by atoms with van der Waals surface area (Å²) >= 11 is 5.67. The quantitative estimate of drug-likeness (QED) is 0.689. The highest BCUT2D eigenvalue weighted by molar-refractivity contribution is 6.18. The summed E-state index contributed by atoms with van der Waals surface area (Å²) in [7, 11) is 1.63. The fourth-order valence-electron chi connectivity index (χ4n) is 2.49. The van der Waals surface area contributed by atoms with Gasteiger partial charge < -0.3 is 10.1 Å². The van der Waals surface area contributed by atoms with Crippen LogP contribution in [0, 0.1) is 0 Å². The number of benzene rings is 1. The van der Waals surface area contributed by atoms with Crippen molar-refractivity contribution in [2.45, 2.75) is 12.8 Å². The third kappa shape index (κ3) is 3.36. The van der Waals surface area contributed by atoms with Crippen LogP contribution in [0.5, 0.6) is 5.75 Å². The number of hydrogen-bond acceptors (Lipinski definition) is 3. The maximum Gasteiger partial charge on any atom is 0.225 e. The van der Waals surface area contributed by atoms with Gasteiger partial charge in [0.05, 0.1) is 7.11 Å². The van der Waals surface area contributed by atoms with Crippen LogP contribution in [0.3, 0.4) is 0 Å². The number of ether oxygens (including phenoxy) is 1. The van der Waals surface area contributed by atoms with Gasteiger partial charge in [-0.3, -0.25) is 9.20 Å². The summed E-state index contributed by atoms with van der Waals surface area (Å²) in [5.41, 5.74) is 2.41. The maximum atomic E-state index is 12.2. The number of aromatic nitrogens is 2. The number of methoxy groups -OCH3 is 1. The zero-order valence-corrected chi connectivity index (χ0v) is 14.1. The van der Waals surface area contributed by atoms with Crippen LogP contribution in [0.1, 0.15) is 12.8 Å². The fraction of sp³-hybridized carbons (Fsp3) is 0.222. The minimum Gasteiger partial charge on any atom is -0.497 e. The first-order valence-corrected chi connectivity index (χ1v) is 8.23. The summed E-state index contributed by atoms with van der Waals surface area (Å²) < 4.78 is 7.07. The second-order valence-corrected chi connectivity index (χ2v) is 5.69. The van der Waals surface area contributed by atoms with Crippen molar-refractivity contribution in [3.05, 3.63) is 48.7 Å². The third-order valence-corrected chi connectivity index (χ3v) is 3.96. The van der Waals surface area contributed by atoms with E-state index in [1.807, 2.05) is 53.1 Å². The lowest BCUT2D eigenvalue weighted by Crippen LogP contribution is -2.13. The van der Waals surface area contributed by atoms with Gasteiger partial charge in [-0.25, -0.2) is 4.98 Å². The number of hydrogen-bond donors (Lipinski definition) is 1. The Hall–Kier alpha value is -2.53. The van der Waals surface area contributed by atoms with Crippen LogP contribution in [0.2, 0.25) is 0 Å². The molecule has 0 aliphatic carbocycles. The van der Waals surface area contributed by atoms with Crippen LogP contribution >= 0.6 is 11.6 Å². The number of rotatable bonds is 6. The van der Waals surface area contributed by atoms with E-state index in [0.717, 1.165) is 22.7 Å². The summed E-state index contributed by atoms with van der Waals surface area (Å²) in [4.78, 5) is 16.8. The SMILES string of the molecule is COc1ccc(-c2nc3ccccn3c2NC(=O)CCCCl)cc1. The number of nitrogens with one attached hydrogen (secondary N) is 1. The first-order valence-electron chi connectivity index (χ1n) is 7.70. The third-order valence-electron chi connectivity index (χ3n) is 3.69. The van der Waals surface area contributed by atoms with Crippen LogP contribution in [-0.2, 0) is 4.79 Å². The number of fused-ring (bicyclic) bond motifs is 1. The summed E-state index contributed by atoms with van der Waals surface area (Å²) in [6.07, 6.45) is 2.90. The van der Waals surface area contributed by atoms with E-state index < -0.39 is 0 Å². The van der Waals surface area contributed by atoms with Gasteiger partial charge in [-0.2, -0.15) is 0 Å². The van der Waals surface area contributed by atoms with Crippen LogP contribution in [0.25, 0.3) is 16.9 Å². The highest BCUT2D eigenvalue weighted by atomic mass is 35.5. The monoisotopic (exact) mass is 343 g/mol. The Labute approximate surface area is 145 Å². The molecule has 5 nitrogen and oxygen atoms in total. The van der Waals surface area contributed by atoms with E-state index in [-0.39, 0.29) is 5.91 Å². The zero-order chi connectivity index (χ0) is 16.9. The van der Waals surface area contributed by atoms with Crippen molar-refractivity contribution in [3.63, 3.8) is 0 Å². The fourth-order valence-corrected chi connectivity index (χ4v) is 2.62. The molecule has 0 aliphatic heterocycles. The number of imidazole rings is 1. The summed E-state index contributed by atoms with van der Waals surface area (Å²) in [5.74, 6) is 1.83. The van der Waals surface area contributed by atoms with E-state index in [4.69, 9.17) is 16.3 Å². The van der Waals surface area contributed by atoms with Gasteiger partial charge >= 0.3 is 0 Å². The van der Waals surface area contributed by atoms with Gasteiger partial charge in [0, 0.05) is 24.1 Å². The van der Waals surface area contributed by atoms with Gasteiger partial charge in [-0.15, -0.1) is 11.6 Å². The molecule has 3 aromatic rings. The van der Waals surface area contributed by atoms with E-state index >= 15 is 0 Å². The Morgan fingerprint density at radius 1 is 1.25 bits per heavy atom. The number of amides is 1. The molecule has 2 aromatic heterocycles. The molecular formula is C18H18ClN3O2. The molecule has 0 fully saturated rings. The first-order chi connectivity index (χ1) is 11.7. The molecule has 1 N–H and O–H groups in total. The number of carbonyl (C=O) groups excluding carboxylic acids is 1. The molecule has 0 saturated heterocycles. The van der Waals surface area contributed by atoms with Crippen molar-refractivity contribution in [2.24, 2.45) is 0 Å². The standard InChI is InChI=1S/C18H18ClN3O2/c1-24-14-9-7-13(8-10-14)17-18(21-16(23)6-4-11-19)22-12-3-2-5-15(22)20-17/h2-3,5,7-10,12H,4,6,11H2,1H3,(H,21,23). The Bertz CT molecular complexity index is 843. The molecule has 2 heterocycles. The number of pyridine rings is 1. The Morgan fingerprint density at radius 2 is 2.04 bits per heavy atom. The molecule has 0 unspecified atom stereocenters. The van der Waals surface area contributed by atoms with Crippen LogP contribution in [-0.4, -0.2) is 28.3 Å². The zero-order valence-electron chi connectivity index (χ0n) is 13.3. The van der Waals surface area contributed by atoms with Crippen molar-refractivity contribution in [2.75, 3.05) is 18.3 Å². The van der Waals surface area contributed by atoms with Gasteiger partial charge in [0.25, 0.3) is 0 Å². The lowest BCUT2D eigenvalue weighted by Gasteiger charge is -2.08. The normalized spacial score (nSPS) is 10.8. The molecule has 6 heteroatoms. The number of alkyl halides is 1. The second kappa shape index (κ2) is 7.36. The van der Waals surface area contributed by atoms with E-state index in [1.54, 1.807) is 7.11 Å². The summed E-state index contributed by atoms with van der Waals surface area (Å²) in [5, 5.41) is 2.97. The molecule has 1 amide bonds. The van der Waals surface area contributed by atoms with Crippen LogP contribution in [0.15, 0.2) is 48.7 Å². The van der Waals surface area contributed by atoms with Crippen molar-refractivity contribution in [3.8, 4) is 17.0 Å². The molecule has 0 bridgehead atoms. The van der Waals surface area contributed by atoms with E-state index in [9.17, 15) is 4.79 Å². The summed E-state index contributed by atoms with van der Waals surface area (Å²) in [6.45, 7) is 0.